The van der Waals surface area contributed by atoms with Crippen LogP contribution in [-0.4, -0.2) is 44.6 Å². The first-order valence-electron chi connectivity index (χ1n) is 11.0. The summed E-state index contributed by atoms with van der Waals surface area (Å²) in [5.41, 5.74) is 5.22. The minimum Gasteiger partial charge on any atom is -0.356 e. The van der Waals surface area contributed by atoms with Gasteiger partial charge in [-0.2, -0.15) is 0 Å². The van der Waals surface area contributed by atoms with E-state index in [1.807, 2.05) is 30.9 Å². The van der Waals surface area contributed by atoms with Crippen molar-refractivity contribution < 1.29 is 9.59 Å². The fraction of sp³-hybridized carbons (Fsp3) is 0.417. The lowest BCUT2D eigenvalue weighted by Gasteiger charge is -2.29. The molecule has 0 atom stereocenters. The predicted octanol–water partition coefficient (Wildman–Crippen LogP) is 1.90. The number of nitrogens with one attached hydrogen (secondary N) is 2. The SMILES string of the molecule is Cc1nc2c(c(C)c1CC(=O)NCCCC(=O)N1CCc3ccccc3C1)c(=O)[nH]n2C. The van der Waals surface area contributed by atoms with Gasteiger partial charge in [-0.3, -0.25) is 24.2 Å². The zero-order chi connectivity index (χ0) is 22.8. The van der Waals surface area contributed by atoms with Gasteiger partial charge in [0.25, 0.3) is 5.56 Å². The van der Waals surface area contributed by atoms with Crippen molar-refractivity contribution in [3.05, 3.63) is 62.6 Å². The maximum absolute atomic E-state index is 12.6. The Morgan fingerprint density at radius 1 is 1.19 bits per heavy atom. The molecule has 2 amide bonds. The van der Waals surface area contributed by atoms with Crippen molar-refractivity contribution >= 4 is 22.8 Å². The lowest BCUT2D eigenvalue weighted by Crippen LogP contribution is -2.36. The van der Waals surface area contributed by atoms with Gasteiger partial charge >= 0.3 is 0 Å². The van der Waals surface area contributed by atoms with Gasteiger partial charge in [-0.05, 0) is 48.9 Å². The monoisotopic (exact) mass is 435 g/mol. The molecule has 32 heavy (non-hydrogen) atoms. The van der Waals surface area contributed by atoms with Gasteiger partial charge < -0.3 is 10.2 Å². The maximum Gasteiger partial charge on any atom is 0.273 e. The highest BCUT2D eigenvalue weighted by atomic mass is 16.2. The molecular formula is C24H29N5O3. The normalized spacial score (nSPS) is 13.3. The molecule has 4 rings (SSSR count). The highest BCUT2D eigenvalue weighted by Crippen LogP contribution is 2.21. The number of pyridine rings is 1. The van der Waals surface area contributed by atoms with Crippen molar-refractivity contribution in [1.29, 1.82) is 0 Å². The lowest BCUT2D eigenvalue weighted by molar-refractivity contribution is -0.132. The van der Waals surface area contributed by atoms with Crippen LogP contribution in [0.4, 0.5) is 0 Å². The molecule has 0 fully saturated rings. The molecule has 0 saturated carbocycles. The third-order valence-corrected chi connectivity index (χ3v) is 6.29. The van der Waals surface area contributed by atoms with Gasteiger partial charge in [0.05, 0.1) is 11.8 Å². The van der Waals surface area contributed by atoms with Crippen molar-refractivity contribution in [3.63, 3.8) is 0 Å². The van der Waals surface area contributed by atoms with E-state index < -0.39 is 0 Å². The number of aryl methyl sites for hydroxylation is 3. The summed E-state index contributed by atoms with van der Waals surface area (Å²) in [6.07, 6.45) is 2.05. The third kappa shape index (κ3) is 4.30. The molecule has 3 aromatic rings. The number of benzene rings is 1. The number of nitrogens with zero attached hydrogens (tertiary/aromatic N) is 3. The number of aromatic nitrogens is 3. The van der Waals surface area contributed by atoms with Crippen molar-refractivity contribution in [1.82, 2.24) is 25.0 Å². The molecule has 0 spiro atoms. The molecule has 2 aromatic heterocycles. The summed E-state index contributed by atoms with van der Waals surface area (Å²) in [5.74, 6) is -0.0116. The number of amides is 2. The standard InChI is InChI=1S/C24H29N5O3/c1-15-19(16(2)26-23-22(15)24(32)27-28(23)3)13-20(30)25-11-6-9-21(31)29-12-10-17-7-4-5-8-18(17)14-29/h4-5,7-8H,6,9-14H2,1-3H3,(H,25,30)(H,27,32). The molecule has 8 nitrogen and oxygen atoms in total. The van der Waals surface area contributed by atoms with E-state index in [0.717, 1.165) is 29.8 Å². The molecule has 3 heterocycles. The molecule has 2 N–H and O–H groups in total. The zero-order valence-corrected chi connectivity index (χ0v) is 18.8. The Bertz CT molecular complexity index is 1240. The second-order valence-electron chi connectivity index (χ2n) is 8.46. The topological polar surface area (TPSA) is 100 Å². The van der Waals surface area contributed by atoms with Crippen LogP contribution in [0.1, 0.15) is 40.8 Å². The molecule has 0 unspecified atom stereocenters. The first kappa shape index (κ1) is 21.8. The Hall–Kier alpha value is -3.42. The van der Waals surface area contributed by atoms with Gasteiger partial charge in [0.2, 0.25) is 11.8 Å². The second kappa shape index (κ2) is 8.98. The van der Waals surface area contributed by atoms with E-state index in [1.165, 1.54) is 11.1 Å². The van der Waals surface area contributed by atoms with E-state index >= 15 is 0 Å². The number of fused-ring (bicyclic) bond motifs is 2. The molecule has 0 bridgehead atoms. The Morgan fingerprint density at radius 2 is 1.94 bits per heavy atom. The molecule has 0 aliphatic carbocycles. The number of hydrogen-bond donors (Lipinski definition) is 2. The van der Waals surface area contributed by atoms with Crippen LogP contribution in [0.25, 0.3) is 11.0 Å². The lowest BCUT2D eigenvalue weighted by atomic mass is 9.99. The van der Waals surface area contributed by atoms with Gasteiger partial charge in [-0.15, -0.1) is 0 Å². The smallest absolute Gasteiger partial charge is 0.273 e. The summed E-state index contributed by atoms with van der Waals surface area (Å²) in [5, 5.41) is 6.13. The van der Waals surface area contributed by atoms with E-state index in [4.69, 9.17) is 0 Å². The number of H-pyrrole nitrogens is 1. The van der Waals surface area contributed by atoms with Crippen LogP contribution in [0.5, 0.6) is 0 Å². The first-order valence-corrected chi connectivity index (χ1v) is 11.0. The van der Waals surface area contributed by atoms with Crippen LogP contribution in [0.15, 0.2) is 29.1 Å². The second-order valence-corrected chi connectivity index (χ2v) is 8.46. The number of carbonyl (C=O) groups excluding carboxylic acids is 2. The summed E-state index contributed by atoms with van der Waals surface area (Å²) in [6.45, 7) is 5.55. The average molecular weight is 436 g/mol. The molecule has 1 aliphatic rings. The summed E-state index contributed by atoms with van der Waals surface area (Å²) < 4.78 is 1.60. The van der Waals surface area contributed by atoms with Gasteiger partial charge in [-0.25, -0.2) is 4.98 Å². The summed E-state index contributed by atoms with van der Waals surface area (Å²) in [6, 6.07) is 8.24. The first-order chi connectivity index (χ1) is 15.3. The molecule has 0 radical (unpaired) electrons. The van der Waals surface area contributed by atoms with E-state index in [1.54, 1.807) is 11.7 Å². The highest BCUT2D eigenvalue weighted by molar-refractivity contribution is 5.84. The number of carbonyl (C=O) groups is 2. The Kier molecular flexibility index (Phi) is 6.12. The van der Waals surface area contributed by atoms with E-state index in [-0.39, 0.29) is 23.8 Å². The average Bonchev–Trinajstić information content (AvgIpc) is 3.06. The van der Waals surface area contributed by atoms with Crippen molar-refractivity contribution in [3.8, 4) is 0 Å². The summed E-state index contributed by atoms with van der Waals surface area (Å²) in [7, 11) is 1.74. The summed E-state index contributed by atoms with van der Waals surface area (Å²) in [4.78, 5) is 43.7. The van der Waals surface area contributed by atoms with Crippen molar-refractivity contribution in [2.24, 2.45) is 7.05 Å². The van der Waals surface area contributed by atoms with Crippen LogP contribution in [0.2, 0.25) is 0 Å². The van der Waals surface area contributed by atoms with Crippen LogP contribution in [-0.2, 0) is 36.0 Å². The van der Waals surface area contributed by atoms with Gasteiger partial charge in [-0.1, -0.05) is 24.3 Å². The minimum atomic E-state index is -0.201. The van der Waals surface area contributed by atoms with Crippen molar-refractivity contribution in [2.75, 3.05) is 13.1 Å². The van der Waals surface area contributed by atoms with Crippen LogP contribution in [0, 0.1) is 13.8 Å². The molecule has 1 aromatic carbocycles. The van der Waals surface area contributed by atoms with Crippen LogP contribution >= 0.6 is 0 Å². The maximum atomic E-state index is 12.6. The number of rotatable bonds is 6. The van der Waals surface area contributed by atoms with Crippen molar-refractivity contribution in [2.45, 2.75) is 46.1 Å². The molecular weight excluding hydrogens is 406 g/mol. The number of hydrogen-bond acceptors (Lipinski definition) is 4. The zero-order valence-electron chi connectivity index (χ0n) is 18.8. The fourth-order valence-corrected chi connectivity index (χ4v) is 4.47. The van der Waals surface area contributed by atoms with Crippen LogP contribution in [0.3, 0.4) is 0 Å². The van der Waals surface area contributed by atoms with Gasteiger partial charge in [0.15, 0.2) is 5.65 Å². The predicted molar refractivity (Wildman–Crippen MR) is 122 cm³/mol. The minimum absolute atomic E-state index is 0.124. The Morgan fingerprint density at radius 3 is 2.72 bits per heavy atom. The molecule has 8 heteroatoms. The summed E-state index contributed by atoms with van der Waals surface area (Å²) >= 11 is 0. The van der Waals surface area contributed by atoms with Crippen LogP contribution < -0.4 is 10.9 Å². The molecule has 168 valence electrons. The van der Waals surface area contributed by atoms with E-state index in [2.05, 4.69) is 27.5 Å². The van der Waals surface area contributed by atoms with Gasteiger partial charge in [0, 0.05) is 38.8 Å². The number of aromatic amines is 1. The largest absolute Gasteiger partial charge is 0.356 e. The third-order valence-electron chi connectivity index (χ3n) is 6.29. The quantitative estimate of drug-likeness (QED) is 0.578. The highest BCUT2D eigenvalue weighted by Gasteiger charge is 2.20. The Balaban J connectivity index is 1.28. The fourth-order valence-electron chi connectivity index (χ4n) is 4.47. The van der Waals surface area contributed by atoms with E-state index in [9.17, 15) is 14.4 Å². The molecule has 1 aliphatic heterocycles. The van der Waals surface area contributed by atoms with Gasteiger partial charge in [0.1, 0.15) is 0 Å². The van der Waals surface area contributed by atoms with E-state index in [0.29, 0.717) is 37.0 Å². The Labute approximate surface area is 186 Å². The molecule has 0 saturated heterocycles.